The molecule has 1 aromatic rings. The molecule has 0 N–H and O–H groups in total. The third kappa shape index (κ3) is 4.94. The molecule has 1 heterocycles. The molecular weight excluding hydrogens is 357 g/mol. The van der Waals surface area contributed by atoms with E-state index in [2.05, 4.69) is 0 Å². The molecule has 0 atom stereocenters. The van der Waals surface area contributed by atoms with E-state index in [-0.39, 0.29) is 17.0 Å². The van der Waals surface area contributed by atoms with Crippen molar-refractivity contribution >= 4 is 15.9 Å². The Kier molecular flexibility index (Phi) is 6.10. The lowest BCUT2D eigenvalue weighted by atomic mass is 10.2. The molecule has 0 radical (unpaired) electrons. The van der Waals surface area contributed by atoms with Gasteiger partial charge in [-0.3, -0.25) is 4.79 Å². The molecule has 0 aliphatic carbocycles. The Morgan fingerprint density at radius 1 is 1.24 bits per heavy atom. The lowest BCUT2D eigenvalue weighted by Gasteiger charge is -2.24. The van der Waals surface area contributed by atoms with E-state index in [1.807, 2.05) is 0 Å². The van der Waals surface area contributed by atoms with Gasteiger partial charge in [-0.05, 0) is 37.5 Å². The van der Waals surface area contributed by atoms with Crippen molar-refractivity contribution in [3.8, 4) is 0 Å². The molecule has 9 heteroatoms. The fraction of sp³-hybridized carbons (Fsp3) is 0.562. The first kappa shape index (κ1) is 19.7. The Hall–Kier alpha value is -1.61. The van der Waals surface area contributed by atoms with Crippen molar-refractivity contribution in [3.05, 3.63) is 29.8 Å². The number of amides is 1. The summed E-state index contributed by atoms with van der Waals surface area (Å²) in [6, 6.07) is 5.24. The Bertz CT molecular complexity index is 714. The molecule has 0 spiro atoms. The molecule has 0 unspecified atom stereocenters. The minimum atomic E-state index is -4.51. The van der Waals surface area contributed by atoms with Crippen molar-refractivity contribution < 1.29 is 26.4 Å². The van der Waals surface area contributed by atoms with Gasteiger partial charge in [0.25, 0.3) is 5.91 Å². The molecule has 2 rings (SSSR count). The molecule has 1 amide bonds. The van der Waals surface area contributed by atoms with Crippen molar-refractivity contribution in [1.29, 1.82) is 0 Å². The Labute approximate surface area is 145 Å². The summed E-state index contributed by atoms with van der Waals surface area (Å²) >= 11 is 0. The van der Waals surface area contributed by atoms with E-state index in [1.54, 1.807) is 6.92 Å². The number of carbonyl (C=O) groups is 1. The lowest BCUT2D eigenvalue weighted by molar-refractivity contribution is -0.140. The first-order chi connectivity index (χ1) is 11.6. The van der Waals surface area contributed by atoms with Crippen molar-refractivity contribution in [3.63, 3.8) is 0 Å². The molecule has 5 nitrogen and oxygen atoms in total. The molecule has 140 valence electrons. The second-order valence-electron chi connectivity index (χ2n) is 5.98. The summed E-state index contributed by atoms with van der Waals surface area (Å²) in [6.45, 7) is 1.09. The average Bonchev–Trinajstić information content (AvgIpc) is 3.08. The van der Waals surface area contributed by atoms with Crippen molar-refractivity contribution in [2.75, 3.05) is 26.2 Å². The number of alkyl halides is 3. The summed E-state index contributed by atoms with van der Waals surface area (Å²) in [4.78, 5) is 13.1. The number of nitrogens with zero attached hydrogens (tertiary/aromatic N) is 2. The SMILES string of the molecule is CCCN(CC(F)(F)F)C(=O)c1cccc(S(=O)(=O)N2CCCC2)c1. The highest BCUT2D eigenvalue weighted by Crippen LogP contribution is 2.23. The number of hydrogen-bond donors (Lipinski definition) is 0. The molecule has 1 fully saturated rings. The van der Waals surface area contributed by atoms with Gasteiger partial charge in [0.1, 0.15) is 6.54 Å². The highest BCUT2D eigenvalue weighted by atomic mass is 32.2. The third-order valence-electron chi connectivity index (χ3n) is 3.93. The van der Waals surface area contributed by atoms with E-state index >= 15 is 0 Å². The first-order valence-corrected chi connectivity index (χ1v) is 9.55. The van der Waals surface area contributed by atoms with E-state index in [1.165, 1.54) is 22.5 Å². The van der Waals surface area contributed by atoms with E-state index < -0.39 is 28.7 Å². The first-order valence-electron chi connectivity index (χ1n) is 8.11. The smallest absolute Gasteiger partial charge is 0.330 e. The van der Waals surface area contributed by atoms with Gasteiger partial charge in [0.15, 0.2) is 0 Å². The van der Waals surface area contributed by atoms with Crippen molar-refractivity contribution in [2.24, 2.45) is 0 Å². The second-order valence-corrected chi connectivity index (χ2v) is 7.92. The largest absolute Gasteiger partial charge is 0.406 e. The number of benzene rings is 1. The van der Waals surface area contributed by atoms with Crippen LogP contribution < -0.4 is 0 Å². The Morgan fingerprint density at radius 3 is 2.44 bits per heavy atom. The summed E-state index contributed by atoms with van der Waals surface area (Å²) in [5.74, 6) is -0.822. The van der Waals surface area contributed by atoms with Crippen LogP contribution in [0.2, 0.25) is 0 Å². The zero-order chi connectivity index (χ0) is 18.7. The van der Waals surface area contributed by atoms with Gasteiger partial charge in [-0.1, -0.05) is 13.0 Å². The van der Waals surface area contributed by atoms with Crippen molar-refractivity contribution in [1.82, 2.24) is 9.21 Å². The average molecular weight is 378 g/mol. The van der Waals surface area contributed by atoms with Crippen LogP contribution in [0, 0.1) is 0 Å². The van der Waals surface area contributed by atoms with Gasteiger partial charge in [0, 0.05) is 25.2 Å². The van der Waals surface area contributed by atoms with Crippen LogP contribution in [-0.4, -0.2) is 55.9 Å². The zero-order valence-corrected chi connectivity index (χ0v) is 14.7. The molecule has 1 saturated heterocycles. The van der Waals surface area contributed by atoms with Gasteiger partial charge >= 0.3 is 6.18 Å². The van der Waals surface area contributed by atoms with E-state index in [0.29, 0.717) is 24.4 Å². The van der Waals surface area contributed by atoms with Gasteiger partial charge in [-0.25, -0.2) is 8.42 Å². The standard InChI is InChI=1S/C16H21F3N2O3S/c1-2-8-20(12-16(17,18)19)15(22)13-6-5-7-14(11-13)25(23,24)21-9-3-4-10-21/h5-7,11H,2-4,8-10,12H2,1H3. The monoisotopic (exact) mass is 378 g/mol. The fourth-order valence-electron chi connectivity index (χ4n) is 2.79. The molecule has 0 bridgehead atoms. The Balaban J connectivity index is 2.28. The summed E-state index contributed by atoms with van der Waals surface area (Å²) in [5.41, 5.74) is -0.0574. The van der Waals surface area contributed by atoms with Gasteiger partial charge in [0.05, 0.1) is 4.90 Å². The van der Waals surface area contributed by atoms with Crippen LogP contribution in [0.5, 0.6) is 0 Å². The molecule has 1 aliphatic rings. The molecule has 1 aliphatic heterocycles. The highest BCUT2D eigenvalue weighted by molar-refractivity contribution is 7.89. The van der Waals surface area contributed by atoms with Crippen LogP contribution in [0.4, 0.5) is 13.2 Å². The van der Waals surface area contributed by atoms with E-state index in [9.17, 15) is 26.4 Å². The van der Waals surface area contributed by atoms with Crippen LogP contribution in [0.15, 0.2) is 29.2 Å². The Morgan fingerprint density at radius 2 is 1.88 bits per heavy atom. The number of hydrogen-bond acceptors (Lipinski definition) is 3. The minimum Gasteiger partial charge on any atom is -0.330 e. The van der Waals surface area contributed by atoms with Gasteiger partial charge < -0.3 is 4.90 Å². The van der Waals surface area contributed by atoms with Crippen LogP contribution in [0.3, 0.4) is 0 Å². The maximum absolute atomic E-state index is 12.7. The molecule has 25 heavy (non-hydrogen) atoms. The van der Waals surface area contributed by atoms with E-state index in [4.69, 9.17) is 0 Å². The van der Waals surface area contributed by atoms with Gasteiger partial charge in [-0.2, -0.15) is 17.5 Å². The van der Waals surface area contributed by atoms with Gasteiger partial charge in [-0.15, -0.1) is 0 Å². The highest BCUT2D eigenvalue weighted by Gasteiger charge is 2.33. The molecular formula is C16H21F3N2O3S. The van der Waals surface area contributed by atoms with Crippen LogP contribution in [0.25, 0.3) is 0 Å². The minimum absolute atomic E-state index is 0.0541. The lowest BCUT2D eigenvalue weighted by Crippen LogP contribution is -2.39. The summed E-state index contributed by atoms with van der Waals surface area (Å²) in [5, 5.41) is 0. The fourth-order valence-corrected chi connectivity index (χ4v) is 4.35. The maximum Gasteiger partial charge on any atom is 0.406 e. The quantitative estimate of drug-likeness (QED) is 0.765. The number of sulfonamides is 1. The van der Waals surface area contributed by atoms with Crippen LogP contribution in [-0.2, 0) is 10.0 Å². The van der Waals surface area contributed by atoms with Crippen molar-refractivity contribution in [2.45, 2.75) is 37.3 Å². The van der Waals surface area contributed by atoms with E-state index in [0.717, 1.165) is 18.9 Å². The molecule has 0 aromatic heterocycles. The predicted octanol–water partition coefficient (Wildman–Crippen LogP) is 2.89. The summed E-state index contributed by atoms with van der Waals surface area (Å²) in [6.07, 6.45) is -2.60. The number of halogens is 3. The normalized spacial score (nSPS) is 16.2. The third-order valence-corrected chi connectivity index (χ3v) is 5.83. The topological polar surface area (TPSA) is 57.7 Å². The zero-order valence-electron chi connectivity index (χ0n) is 13.9. The molecule has 1 aromatic carbocycles. The van der Waals surface area contributed by atoms with Crippen LogP contribution >= 0.6 is 0 Å². The van der Waals surface area contributed by atoms with Gasteiger partial charge in [0.2, 0.25) is 10.0 Å². The number of carbonyl (C=O) groups excluding carboxylic acids is 1. The second kappa shape index (κ2) is 7.74. The summed E-state index contributed by atoms with van der Waals surface area (Å²) in [7, 11) is -3.73. The maximum atomic E-state index is 12.7. The predicted molar refractivity (Wildman–Crippen MR) is 86.7 cm³/mol. The summed E-state index contributed by atoms with van der Waals surface area (Å²) < 4.78 is 64.5. The molecule has 0 saturated carbocycles. The number of rotatable bonds is 6. The van der Waals surface area contributed by atoms with Crippen LogP contribution in [0.1, 0.15) is 36.5 Å².